The number of H-pyrrole nitrogens is 1. The topological polar surface area (TPSA) is 116 Å². The summed E-state index contributed by atoms with van der Waals surface area (Å²) in [7, 11) is -2.58. The second kappa shape index (κ2) is 7.96. The third-order valence-electron chi connectivity index (χ3n) is 5.25. The molecule has 3 N–H and O–H groups in total. The minimum Gasteiger partial charge on any atom is -0.367 e. The first-order chi connectivity index (χ1) is 13.9. The van der Waals surface area contributed by atoms with Crippen LogP contribution >= 0.6 is 0 Å². The van der Waals surface area contributed by atoms with E-state index in [4.69, 9.17) is 4.98 Å². The monoisotopic (exact) mass is 415 g/mol. The predicted molar refractivity (Wildman–Crippen MR) is 114 cm³/mol. The van der Waals surface area contributed by atoms with Crippen molar-refractivity contribution in [1.82, 2.24) is 24.5 Å². The first kappa shape index (κ1) is 19.6. The molecule has 1 aliphatic rings. The number of hydrogen-bond donors (Lipinski definition) is 4. The van der Waals surface area contributed by atoms with Crippen LogP contribution in [0.15, 0.2) is 30.5 Å². The number of hydrogen-bond acceptors (Lipinski definition) is 7. The molecule has 0 unspecified atom stereocenters. The van der Waals surface area contributed by atoms with Crippen LogP contribution in [0.25, 0.3) is 10.9 Å². The molecule has 0 aromatic carbocycles. The van der Waals surface area contributed by atoms with Gasteiger partial charge in [0.05, 0.1) is 5.52 Å². The van der Waals surface area contributed by atoms with Crippen molar-refractivity contribution in [2.45, 2.75) is 51.7 Å². The number of nitrogens with one attached hydrogen (secondary N) is 3. The van der Waals surface area contributed by atoms with Crippen molar-refractivity contribution in [1.29, 1.82) is 0 Å². The molecule has 0 radical (unpaired) electrons. The molecule has 3 atom stereocenters. The Hall–Kier alpha value is -2.72. The SMILES string of the molecule is Cc1cc(Nc2cc3ncccc3c(N[C@@H]3C[C@@H](C)N([SH](=O)=O)[C@@H](C)C3)n2)n[nH]1. The van der Waals surface area contributed by atoms with E-state index in [2.05, 4.69) is 25.8 Å². The zero-order valence-corrected chi connectivity index (χ0v) is 17.5. The van der Waals surface area contributed by atoms with Gasteiger partial charge in [-0.25, -0.2) is 13.4 Å². The smallest absolute Gasteiger partial charge is 0.204 e. The Morgan fingerprint density at radius 1 is 1.17 bits per heavy atom. The van der Waals surface area contributed by atoms with Crippen LogP contribution in [0.4, 0.5) is 17.5 Å². The Labute approximate surface area is 171 Å². The van der Waals surface area contributed by atoms with Gasteiger partial charge in [0.25, 0.3) is 0 Å². The minimum atomic E-state index is -2.58. The number of aromatic nitrogens is 4. The van der Waals surface area contributed by atoms with Crippen molar-refractivity contribution >= 4 is 39.2 Å². The fourth-order valence-electron chi connectivity index (χ4n) is 4.07. The summed E-state index contributed by atoms with van der Waals surface area (Å²) in [4.78, 5) is 9.23. The van der Waals surface area contributed by atoms with E-state index in [9.17, 15) is 8.42 Å². The average molecular weight is 416 g/mol. The number of aromatic amines is 1. The average Bonchev–Trinajstić information content (AvgIpc) is 3.05. The Morgan fingerprint density at radius 2 is 1.93 bits per heavy atom. The van der Waals surface area contributed by atoms with Crippen LogP contribution in [-0.2, 0) is 10.9 Å². The lowest BCUT2D eigenvalue weighted by Crippen LogP contribution is -2.49. The Balaban J connectivity index is 1.62. The summed E-state index contributed by atoms with van der Waals surface area (Å²) in [6, 6.07) is 7.66. The number of pyridine rings is 2. The number of fused-ring (bicyclic) bond motifs is 1. The summed E-state index contributed by atoms with van der Waals surface area (Å²) < 4.78 is 24.6. The minimum absolute atomic E-state index is 0.0601. The van der Waals surface area contributed by atoms with Gasteiger partial charge in [-0.05, 0) is 45.7 Å². The Morgan fingerprint density at radius 3 is 2.59 bits per heavy atom. The molecule has 3 aromatic heterocycles. The normalized spacial score (nSPS) is 22.8. The molecule has 0 saturated carbocycles. The lowest BCUT2D eigenvalue weighted by atomic mass is 9.95. The van der Waals surface area contributed by atoms with E-state index in [0.29, 0.717) is 24.5 Å². The number of rotatable bonds is 5. The molecule has 1 aliphatic heterocycles. The summed E-state index contributed by atoms with van der Waals surface area (Å²) in [5.41, 5.74) is 1.78. The van der Waals surface area contributed by atoms with Crippen LogP contribution in [0.5, 0.6) is 0 Å². The van der Waals surface area contributed by atoms with Gasteiger partial charge in [-0.3, -0.25) is 10.1 Å². The molecule has 0 aliphatic carbocycles. The second-order valence-corrected chi connectivity index (χ2v) is 8.55. The molecular formula is C19H25N7O2S. The lowest BCUT2D eigenvalue weighted by molar-refractivity contribution is 0.198. The highest BCUT2D eigenvalue weighted by Gasteiger charge is 2.33. The zero-order valence-electron chi connectivity index (χ0n) is 16.6. The summed E-state index contributed by atoms with van der Waals surface area (Å²) in [5, 5.41) is 14.8. The zero-order chi connectivity index (χ0) is 20.5. The number of thiol groups is 1. The summed E-state index contributed by atoms with van der Waals surface area (Å²) in [6.45, 7) is 5.83. The van der Waals surface area contributed by atoms with Crippen LogP contribution in [-0.4, -0.2) is 51.0 Å². The summed E-state index contributed by atoms with van der Waals surface area (Å²) in [6.07, 6.45) is 3.18. The first-order valence-electron chi connectivity index (χ1n) is 9.64. The van der Waals surface area contributed by atoms with Crippen molar-refractivity contribution in [2.24, 2.45) is 0 Å². The fourth-order valence-corrected chi connectivity index (χ4v) is 4.90. The number of aryl methyl sites for hydroxylation is 1. The van der Waals surface area contributed by atoms with E-state index in [1.807, 2.05) is 45.0 Å². The molecule has 10 heteroatoms. The van der Waals surface area contributed by atoms with Gasteiger partial charge in [-0.15, -0.1) is 0 Å². The molecule has 0 spiro atoms. The van der Waals surface area contributed by atoms with Crippen molar-refractivity contribution < 1.29 is 8.42 Å². The molecule has 3 aromatic rings. The van der Waals surface area contributed by atoms with Gasteiger partial charge < -0.3 is 10.6 Å². The highest BCUT2D eigenvalue weighted by molar-refractivity contribution is 7.69. The number of nitrogens with zero attached hydrogens (tertiary/aromatic N) is 4. The largest absolute Gasteiger partial charge is 0.367 e. The quantitative estimate of drug-likeness (QED) is 0.473. The molecule has 29 heavy (non-hydrogen) atoms. The van der Waals surface area contributed by atoms with Gasteiger partial charge >= 0.3 is 0 Å². The summed E-state index contributed by atoms with van der Waals surface area (Å²) in [5.74, 6) is 2.06. The third-order valence-corrected chi connectivity index (χ3v) is 6.41. The van der Waals surface area contributed by atoms with Crippen LogP contribution in [0.1, 0.15) is 32.4 Å². The van der Waals surface area contributed by atoms with Crippen molar-refractivity contribution in [3.63, 3.8) is 0 Å². The first-order valence-corrected chi connectivity index (χ1v) is 10.8. The van der Waals surface area contributed by atoms with Crippen molar-refractivity contribution in [3.8, 4) is 0 Å². The number of anilines is 3. The van der Waals surface area contributed by atoms with Gasteiger partial charge in [0.1, 0.15) is 11.6 Å². The van der Waals surface area contributed by atoms with Gasteiger partial charge in [-0.2, -0.15) is 9.40 Å². The molecule has 4 rings (SSSR count). The summed E-state index contributed by atoms with van der Waals surface area (Å²) >= 11 is 0. The molecule has 0 amide bonds. The van der Waals surface area contributed by atoms with E-state index < -0.39 is 10.9 Å². The molecule has 1 fully saturated rings. The van der Waals surface area contributed by atoms with E-state index >= 15 is 0 Å². The van der Waals surface area contributed by atoms with Crippen molar-refractivity contribution in [3.05, 3.63) is 36.2 Å². The van der Waals surface area contributed by atoms with Crippen molar-refractivity contribution in [2.75, 3.05) is 10.6 Å². The van der Waals surface area contributed by atoms with Gasteiger partial charge in [-0.1, -0.05) is 0 Å². The molecule has 154 valence electrons. The van der Waals surface area contributed by atoms with Gasteiger partial charge in [0.2, 0.25) is 10.9 Å². The maximum Gasteiger partial charge on any atom is 0.204 e. The second-order valence-electron chi connectivity index (χ2n) is 7.62. The standard InChI is InChI=1S/C19H25N7O2S/c1-11-7-18(25-24-11)22-17-10-16-15(5-4-6-20-16)19(23-17)21-14-8-12(2)26(29(27)28)13(3)9-14/h4-7,10,12-14,29H,8-9H2,1-3H3,(H3,21,22,23,24,25)/t12-,13+,14-. The predicted octanol–water partition coefficient (Wildman–Crippen LogP) is 2.58. The maximum absolute atomic E-state index is 11.5. The highest BCUT2D eigenvalue weighted by atomic mass is 32.2. The van der Waals surface area contributed by atoms with Gasteiger partial charge in [0.15, 0.2) is 5.82 Å². The molecule has 4 heterocycles. The maximum atomic E-state index is 11.5. The molecule has 9 nitrogen and oxygen atoms in total. The van der Waals surface area contributed by atoms with Crippen LogP contribution in [0.3, 0.4) is 0 Å². The van der Waals surface area contributed by atoms with Gasteiger partial charge in [0, 0.05) is 47.5 Å². The molecular weight excluding hydrogens is 390 g/mol. The van der Waals surface area contributed by atoms with Crippen LogP contribution in [0.2, 0.25) is 0 Å². The Kier molecular flexibility index (Phi) is 5.37. The van der Waals surface area contributed by atoms with Crippen LogP contribution in [0, 0.1) is 6.92 Å². The molecule has 0 bridgehead atoms. The molecule has 1 saturated heterocycles. The number of piperidine rings is 1. The Bertz CT molecular complexity index is 1080. The lowest BCUT2D eigenvalue weighted by Gasteiger charge is -2.39. The van der Waals surface area contributed by atoms with E-state index in [1.165, 1.54) is 0 Å². The third kappa shape index (κ3) is 4.18. The van der Waals surface area contributed by atoms with E-state index in [0.717, 1.165) is 22.4 Å². The van der Waals surface area contributed by atoms with E-state index in [1.54, 1.807) is 10.5 Å². The van der Waals surface area contributed by atoms with E-state index in [-0.39, 0.29) is 18.1 Å². The van der Waals surface area contributed by atoms with Crippen LogP contribution < -0.4 is 10.6 Å². The fraction of sp³-hybridized carbons (Fsp3) is 0.421. The highest BCUT2D eigenvalue weighted by Crippen LogP contribution is 2.29.